The molecule has 1 aromatic heterocycles. The van der Waals surface area contributed by atoms with E-state index >= 15 is 0 Å². The maximum atomic E-state index is 6.07. The van der Waals surface area contributed by atoms with Gasteiger partial charge in [-0.3, -0.25) is 9.88 Å². The highest BCUT2D eigenvalue weighted by Gasteiger charge is 2.45. The first-order chi connectivity index (χ1) is 8.73. The van der Waals surface area contributed by atoms with Crippen LogP contribution in [-0.4, -0.2) is 35.6 Å². The molecule has 1 aromatic rings. The fourth-order valence-corrected chi connectivity index (χ4v) is 3.01. The van der Waals surface area contributed by atoms with Crippen molar-refractivity contribution in [3.63, 3.8) is 0 Å². The summed E-state index contributed by atoms with van der Waals surface area (Å²) in [6, 6.07) is 6.12. The van der Waals surface area contributed by atoms with Crippen LogP contribution in [0.15, 0.2) is 24.4 Å². The minimum Gasteiger partial charge on any atom is -0.329 e. The Hall–Kier alpha value is -0.930. The highest BCUT2D eigenvalue weighted by Crippen LogP contribution is 2.44. The fourth-order valence-electron chi connectivity index (χ4n) is 3.01. The van der Waals surface area contributed by atoms with Gasteiger partial charge in [0.05, 0.1) is 0 Å². The van der Waals surface area contributed by atoms with Crippen molar-refractivity contribution in [2.24, 2.45) is 11.7 Å². The van der Waals surface area contributed by atoms with Gasteiger partial charge in [-0.15, -0.1) is 0 Å². The second-order valence-electron chi connectivity index (χ2n) is 5.43. The molecule has 0 aliphatic heterocycles. The van der Waals surface area contributed by atoms with E-state index in [0.717, 1.165) is 31.8 Å². The first-order valence-electron chi connectivity index (χ1n) is 7.04. The Morgan fingerprint density at radius 3 is 2.72 bits per heavy atom. The van der Waals surface area contributed by atoms with Crippen molar-refractivity contribution in [2.45, 2.75) is 38.1 Å². The topological polar surface area (TPSA) is 42.1 Å². The van der Waals surface area contributed by atoms with Crippen molar-refractivity contribution in [3.8, 4) is 0 Å². The molecule has 3 nitrogen and oxygen atoms in total. The van der Waals surface area contributed by atoms with E-state index in [9.17, 15) is 0 Å². The summed E-state index contributed by atoms with van der Waals surface area (Å²) in [5, 5.41) is 0. The van der Waals surface area contributed by atoms with Gasteiger partial charge in [-0.2, -0.15) is 0 Å². The molecule has 0 spiro atoms. The predicted octanol–water partition coefficient (Wildman–Crippen LogP) is 2.07. The summed E-state index contributed by atoms with van der Waals surface area (Å²) in [5.41, 5.74) is 7.46. The molecule has 0 amide bonds. The summed E-state index contributed by atoms with van der Waals surface area (Å²) < 4.78 is 0. The molecule has 100 valence electrons. The van der Waals surface area contributed by atoms with Crippen LogP contribution in [0.2, 0.25) is 0 Å². The quantitative estimate of drug-likeness (QED) is 0.802. The monoisotopic (exact) mass is 247 g/mol. The number of hydrogen-bond acceptors (Lipinski definition) is 3. The summed E-state index contributed by atoms with van der Waals surface area (Å²) in [4.78, 5) is 6.86. The third-order valence-electron chi connectivity index (χ3n) is 4.49. The van der Waals surface area contributed by atoms with Crippen LogP contribution >= 0.6 is 0 Å². The van der Waals surface area contributed by atoms with E-state index < -0.39 is 0 Å². The Labute approximate surface area is 110 Å². The van der Waals surface area contributed by atoms with Gasteiger partial charge in [0, 0.05) is 36.9 Å². The highest BCUT2D eigenvalue weighted by atomic mass is 15.2. The molecule has 3 heteroatoms. The molecular formula is C15H25N3. The number of nitrogens with zero attached hydrogens (tertiary/aromatic N) is 2. The van der Waals surface area contributed by atoms with E-state index in [2.05, 4.69) is 36.0 Å². The first-order valence-corrected chi connectivity index (χ1v) is 7.04. The second-order valence-corrected chi connectivity index (χ2v) is 5.43. The maximum Gasteiger partial charge on any atom is 0.0416 e. The van der Waals surface area contributed by atoms with Crippen LogP contribution in [0, 0.1) is 5.92 Å². The fraction of sp³-hybridized carbons (Fsp3) is 0.667. The molecule has 0 aromatic carbocycles. The lowest BCUT2D eigenvalue weighted by atomic mass is 9.88. The van der Waals surface area contributed by atoms with Crippen LogP contribution in [0.25, 0.3) is 0 Å². The third kappa shape index (κ3) is 2.73. The third-order valence-corrected chi connectivity index (χ3v) is 4.49. The summed E-state index contributed by atoms with van der Waals surface area (Å²) in [6.45, 7) is 4.08. The molecule has 1 aliphatic carbocycles. The Kier molecular flexibility index (Phi) is 4.36. The van der Waals surface area contributed by atoms with Gasteiger partial charge in [0.25, 0.3) is 0 Å². The predicted molar refractivity (Wildman–Crippen MR) is 75.4 cm³/mol. The number of aromatic nitrogens is 1. The Bertz CT molecular complexity index is 355. The number of nitrogens with two attached hydrogens (primary N) is 1. The average Bonchev–Trinajstić information content (AvgIpc) is 3.25. The van der Waals surface area contributed by atoms with E-state index in [-0.39, 0.29) is 5.54 Å². The molecule has 1 unspecified atom stereocenters. The maximum absolute atomic E-state index is 6.07. The van der Waals surface area contributed by atoms with E-state index in [4.69, 9.17) is 5.73 Å². The summed E-state index contributed by atoms with van der Waals surface area (Å²) >= 11 is 0. The number of likely N-dealkylation sites (N-methyl/N-ethyl adjacent to an activating group) is 1. The molecule has 1 saturated carbocycles. The molecule has 0 bridgehead atoms. The van der Waals surface area contributed by atoms with Crippen molar-refractivity contribution >= 4 is 0 Å². The summed E-state index contributed by atoms with van der Waals surface area (Å²) in [6.07, 6.45) is 6.71. The Balaban J connectivity index is 1.95. The van der Waals surface area contributed by atoms with Gasteiger partial charge in [0.15, 0.2) is 0 Å². The lowest BCUT2D eigenvalue weighted by Crippen LogP contribution is -2.54. The molecule has 1 heterocycles. The highest BCUT2D eigenvalue weighted by molar-refractivity contribution is 5.06. The van der Waals surface area contributed by atoms with Gasteiger partial charge in [0.2, 0.25) is 0 Å². The first kappa shape index (κ1) is 13.5. The van der Waals surface area contributed by atoms with Gasteiger partial charge in [-0.1, -0.05) is 13.0 Å². The van der Waals surface area contributed by atoms with Gasteiger partial charge in [-0.05, 0) is 44.4 Å². The molecule has 0 saturated heterocycles. The zero-order valence-electron chi connectivity index (χ0n) is 11.6. The van der Waals surface area contributed by atoms with Gasteiger partial charge in [-0.25, -0.2) is 0 Å². The molecule has 2 N–H and O–H groups in total. The lowest BCUT2D eigenvalue weighted by Gasteiger charge is -2.41. The van der Waals surface area contributed by atoms with Crippen molar-refractivity contribution in [2.75, 3.05) is 20.1 Å². The smallest absolute Gasteiger partial charge is 0.0416 e. The zero-order valence-corrected chi connectivity index (χ0v) is 11.6. The molecule has 18 heavy (non-hydrogen) atoms. The van der Waals surface area contributed by atoms with E-state index in [1.54, 1.807) is 0 Å². The van der Waals surface area contributed by atoms with E-state index in [0.29, 0.717) is 0 Å². The Morgan fingerprint density at radius 2 is 2.22 bits per heavy atom. The van der Waals surface area contributed by atoms with Gasteiger partial charge >= 0.3 is 0 Å². The lowest BCUT2D eigenvalue weighted by molar-refractivity contribution is 0.0976. The van der Waals surface area contributed by atoms with Crippen LogP contribution in [0.1, 0.15) is 31.9 Å². The average molecular weight is 247 g/mol. The van der Waals surface area contributed by atoms with E-state index in [1.807, 2.05) is 12.3 Å². The summed E-state index contributed by atoms with van der Waals surface area (Å²) in [5.74, 6) is 0.807. The molecule has 0 radical (unpaired) electrons. The summed E-state index contributed by atoms with van der Waals surface area (Å²) in [7, 11) is 2.22. The molecule has 2 rings (SSSR count). The van der Waals surface area contributed by atoms with Crippen LogP contribution < -0.4 is 5.73 Å². The van der Waals surface area contributed by atoms with Crippen LogP contribution in [0.5, 0.6) is 0 Å². The standard InChI is InChI=1S/C15H25N3/c1-3-15(12-16,13-7-8-13)18(2)11-9-14-6-4-5-10-17-14/h4-6,10,13H,3,7-9,11-12,16H2,1-2H3. The minimum absolute atomic E-state index is 0.217. The van der Waals surface area contributed by atoms with Gasteiger partial charge < -0.3 is 5.73 Å². The largest absolute Gasteiger partial charge is 0.329 e. The molecule has 1 aliphatic rings. The van der Waals surface area contributed by atoms with Crippen LogP contribution in [0.3, 0.4) is 0 Å². The minimum atomic E-state index is 0.217. The SMILES string of the molecule is CCC(CN)(C1CC1)N(C)CCc1ccccn1. The number of rotatable bonds is 7. The van der Waals surface area contributed by atoms with Crippen molar-refractivity contribution in [1.29, 1.82) is 0 Å². The van der Waals surface area contributed by atoms with Crippen LogP contribution in [-0.2, 0) is 6.42 Å². The van der Waals surface area contributed by atoms with Crippen molar-refractivity contribution in [1.82, 2.24) is 9.88 Å². The Morgan fingerprint density at radius 1 is 1.44 bits per heavy atom. The van der Waals surface area contributed by atoms with Crippen molar-refractivity contribution < 1.29 is 0 Å². The molecule has 1 fully saturated rings. The zero-order chi connectivity index (χ0) is 13.0. The normalized spacial score (nSPS) is 18.9. The van der Waals surface area contributed by atoms with Gasteiger partial charge in [0.1, 0.15) is 0 Å². The number of pyridine rings is 1. The number of hydrogen-bond donors (Lipinski definition) is 1. The molecular weight excluding hydrogens is 222 g/mol. The van der Waals surface area contributed by atoms with Crippen molar-refractivity contribution in [3.05, 3.63) is 30.1 Å². The molecule has 1 atom stereocenters. The second kappa shape index (κ2) is 5.81. The van der Waals surface area contributed by atoms with E-state index in [1.165, 1.54) is 18.5 Å². The van der Waals surface area contributed by atoms with Crippen LogP contribution in [0.4, 0.5) is 0 Å².